The number of tetrazole rings is 1. The van der Waals surface area contributed by atoms with Gasteiger partial charge < -0.3 is 5.73 Å². The third kappa shape index (κ3) is 2.58. The molecule has 21 heavy (non-hydrogen) atoms. The SMILES string of the molecule is Nc1cc(-c2nnnn2Cc2ccccc2F)ccc1F. The van der Waals surface area contributed by atoms with Crippen LogP contribution in [0.4, 0.5) is 14.5 Å². The fraction of sp³-hybridized carbons (Fsp3) is 0.0714. The van der Waals surface area contributed by atoms with Crippen LogP contribution >= 0.6 is 0 Å². The molecular weight excluding hydrogens is 276 g/mol. The lowest BCUT2D eigenvalue weighted by Gasteiger charge is -2.06. The van der Waals surface area contributed by atoms with E-state index in [1.54, 1.807) is 18.2 Å². The van der Waals surface area contributed by atoms with E-state index < -0.39 is 5.82 Å². The lowest BCUT2D eigenvalue weighted by atomic mass is 10.1. The zero-order valence-corrected chi connectivity index (χ0v) is 10.9. The largest absolute Gasteiger partial charge is 0.396 e. The molecule has 5 nitrogen and oxygen atoms in total. The van der Waals surface area contributed by atoms with Crippen molar-refractivity contribution in [3.8, 4) is 11.4 Å². The second-order valence-electron chi connectivity index (χ2n) is 4.49. The maximum absolute atomic E-state index is 13.7. The highest BCUT2D eigenvalue weighted by Crippen LogP contribution is 2.21. The zero-order valence-electron chi connectivity index (χ0n) is 10.9. The van der Waals surface area contributed by atoms with Crippen molar-refractivity contribution in [2.24, 2.45) is 0 Å². The van der Waals surface area contributed by atoms with Gasteiger partial charge in [0, 0.05) is 11.1 Å². The average Bonchev–Trinajstić information content (AvgIpc) is 2.93. The molecule has 0 amide bonds. The van der Waals surface area contributed by atoms with Gasteiger partial charge in [0.05, 0.1) is 12.2 Å². The van der Waals surface area contributed by atoms with Crippen molar-refractivity contribution in [2.45, 2.75) is 6.54 Å². The van der Waals surface area contributed by atoms with Crippen LogP contribution in [0.5, 0.6) is 0 Å². The molecule has 0 aliphatic heterocycles. The van der Waals surface area contributed by atoms with Crippen LogP contribution in [-0.4, -0.2) is 20.2 Å². The van der Waals surface area contributed by atoms with Gasteiger partial charge >= 0.3 is 0 Å². The molecule has 2 N–H and O–H groups in total. The average molecular weight is 287 g/mol. The van der Waals surface area contributed by atoms with Gasteiger partial charge in [-0.2, -0.15) is 0 Å². The molecule has 7 heteroatoms. The number of aromatic nitrogens is 4. The fourth-order valence-electron chi connectivity index (χ4n) is 1.99. The van der Waals surface area contributed by atoms with E-state index in [-0.39, 0.29) is 18.0 Å². The minimum Gasteiger partial charge on any atom is -0.396 e. The van der Waals surface area contributed by atoms with Crippen molar-refractivity contribution in [3.63, 3.8) is 0 Å². The molecular formula is C14H11F2N5. The summed E-state index contributed by atoms with van der Waals surface area (Å²) in [6.45, 7) is 0.173. The number of benzene rings is 2. The summed E-state index contributed by atoms with van der Waals surface area (Å²) in [6.07, 6.45) is 0. The van der Waals surface area contributed by atoms with Crippen LogP contribution in [0.15, 0.2) is 42.5 Å². The predicted octanol–water partition coefficient (Wildman–Crippen LogP) is 2.25. The topological polar surface area (TPSA) is 69.6 Å². The molecule has 2 aromatic carbocycles. The molecule has 3 rings (SSSR count). The number of hydrogen-bond donors (Lipinski definition) is 1. The molecule has 0 aliphatic rings. The number of nitrogens with two attached hydrogens (primary N) is 1. The monoisotopic (exact) mass is 287 g/mol. The number of halogens is 2. The highest BCUT2D eigenvalue weighted by atomic mass is 19.1. The van der Waals surface area contributed by atoms with Crippen LogP contribution in [0.25, 0.3) is 11.4 Å². The molecule has 0 bridgehead atoms. The van der Waals surface area contributed by atoms with Gasteiger partial charge in [-0.3, -0.25) is 0 Å². The normalized spacial score (nSPS) is 10.8. The quantitative estimate of drug-likeness (QED) is 0.750. The van der Waals surface area contributed by atoms with Crippen LogP contribution in [-0.2, 0) is 6.54 Å². The van der Waals surface area contributed by atoms with Gasteiger partial charge in [0.25, 0.3) is 0 Å². The Morgan fingerprint density at radius 2 is 1.86 bits per heavy atom. The third-order valence-corrected chi connectivity index (χ3v) is 3.06. The Morgan fingerprint density at radius 1 is 1.05 bits per heavy atom. The van der Waals surface area contributed by atoms with Crippen molar-refractivity contribution in [2.75, 3.05) is 5.73 Å². The molecule has 0 aliphatic carbocycles. The summed E-state index contributed by atoms with van der Waals surface area (Å²) in [5.74, 6) is -0.450. The van der Waals surface area contributed by atoms with E-state index in [1.165, 1.54) is 28.9 Å². The fourth-order valence-corrected chi connectivity index (χ4v) is 1.99. The Morgan fingerprint density at radius 3 is 2.62 bits per heavy atom. The van der Waals surface area contributed by atoms with Crippen molar-refractivity contribution < 1.29 is 8.78 Å². The number of rotatable bonds is 3. The van der Waals surface area contributed by atoms with E-state index in [4.69, 9.17) is 5.73 Å². The van der Waals surface area contributed by atoms with E-state index in [0.29, 0.717) is 17.0 Å². The van der Waals surface area contributed by atoms with Gasteiger partial charge in [-0.25, -0.2) is 13.5 Å². The lowest BCUT2D eigenvalue weighted by molar-refractivity contribution is 0.579. The second kappa shape index (κ2) is 5.28. The molecule has 0 fully saturated rings. The molecule has 0 unspecified atom stereocenters. The minimum atomic E-state index is -0.508. The first-order valence-electron chi connectivity index (χ1n) is 6.20. The van der Waals surface area contributed by atoms with Crippen molar-refractivity contribution >= 4 is 5.69 Å². The standard InChI is InChI=1S/C14H11F2N5/c15-11-4-2-1-3-10(11)8-21-14(18-19-20-21)9-5-6-12(16)13(17)7-9/h1-7H,8,17H2. The molecule has 0 spiro atoms. The molecule has 0 radical (unpaired) electrons. The summed E-state index contributed by atoms with van der Waals surface area (Å²) < 4.78 is 28.3. The number of anilines is 1. The number of nitrogens with zero attached hydrogens (tertiary/aromatic N) is 4. The number of nitrogen functional groups attached to an aromatic ring is 1. The van der Waals surface area contributed by atoms with Crippen LogP contribution in [0.2, 0.25) is 0 Å². The Kier molecular flexibility index (Phi) is 3.31. The van der Waals surface area contributed by atoms with Gasteiger partial charge in [0.1, 0.15) is 11.6 Å². The van der Waals surface area contributed by atoms with Gasteiger partial charge in [-0.05, 0) is 34.7 Å². The van der Waals surface area contributed by atoms with Gasteiger partial charge in [0.2, 0.25) is 0 Å². The summed E-state index contributed by atoms with van der Waals surface area (Å²) >= 11 is 0. The third-order valence-electron chi connectivity index (χ3n) is 3.06. The number of hydrogen-bond acceptors (Lipinski definition) is 4. The molecule has 0 saturated heterocycles. The molecule has 0 atom stereocenters. The predicted molar refractivity (Wildman–Crippen MR) is 73.1 cm³/mol. The molecule has 1 heterocycles. The van der Waals surface area contributed by atoms with E-state index in [9.17, 15) is 8.78 Å². The zero-order chi connectivity index (χ0) is 14.8. The molecule has 106 valence electrons. The molecule has 0 saturated carbocycles. The van der Waals surface area contributed by atoms with E-state index >= 15 is 0 Å². The van der Waals surface area contributed by atoms with Gasteiger partial charge in [0.15, 0.2) is 5.82 Å². The molecule has 3 aromatic rings. The summed E-state index contributed by atoms with van der Waals surface area (Å²) in [6, 6.07) is 10.6. The second-order valence-corrected chi connectivity index (χ2v) is 4.49. The van der Waals surface area contributed by atoms with Gasteiger partial charge in [-0.15, -0.1) is 5.10 Å². The summed E-state index contributed by atoms with van der Waals surface area (Å²) in [7, 11) is 0. The van der Waals surface area contributed by atoms with Crippen molar-refractivity contribution in [1.82, 2.24) is 20.2 Å². The maximum atomic E-state index is 13.7. The van der Waals surface area contributed by atoms with E-state index in [1.807, 2.05) is 0 Å². The molecule has 1 aromatic heterocycles. The lowest BCUT2D eigenvalue weighted by Crippen LogP contribution is -2.06. The van der Waals surface area contributed by atoms with Crippen LogP contribution in [0.3, 0.4) is 0 Å². The highest BCUT2D eigenvalue weighted by molar-refractivity contribution is 5.61. The smallest absolute Gasteiger partial charge is 0.182 e. The Labute approximate surface area is 119 Å². The van der Waals surface area contributed by atoms with Crippen molar-refractivity contribution in [1.29, 1.82) is 0 Å². The first-order chi connectivity index (χ1) is 10.1. The summed E-state index contributed by atoms with van der Waals surface area (Å²) in [5, 5.41) is 11.3. The van der Waals surface area contributed by atoms with Crippen LogP contribution in [0.1, 0.15) is 5.56 Å². The van der Waals surface area contributed by atoms with Crippen LogP contribution < -0.4 is 5.73 Å². The highest BCUT2D eigenvalue weighted by Gasteiger charge is 2.12. The van der Waals surface area contributed by atoms with Gasteiger partial charge in [-0.1, -0.05) is 18.2 Å². The van der Waals surface area contributed by atoms with E-state index in [0.717, 1.165) is 0 Å². The maximum Gasteiger partial charge on any atom is 0.182 e. The van der Waals surface area contributed by atoms with Crippen molar-refractivity contribution in [3.05, 3.63) is 59.7 Å². The Hall–Kier alpha value is -2.83. The summed E-state index contributed by atoms with van der Waals surface area (Å²) in [4.78, 5) is 0. The van der Waals surface area contributed by atoms with Crippen LogP contribution in [0, 0.1) is 11.6 Å². The first kappa shape index (κ1) is 13.2. The Bertz CT molecular complexity index is 785. The minimum absolute atomic E-state index is 0.00735. The summed E-state index contributed by atoms with van der Waals surface area (Å²) in [5.41, 5.74) is 6.57. The van der Waals surface area contributed by atoms with E-state index in [2.05, 4.69) is 15.5 Å². The Balaban J connectivity index is 1.97. The first-order valence-corrected chi connectivity index (χ1v) is 6.20.